The number of nitrogens with two attached hydrogens (primary N) is 1. The standard InChI is InChI=1S/C9H6ClNO4S/c10-6-4-7-5(1-2-9(12)15-7)3-8(6)16(11,13)14/h1-4H,(H2,11,13,14). The summed E-state index contributed by atoms with van der Waals surface area (Å²) >= 11 is 5.72. The van der Waals surface area contributed by atoms with Gasteiger partial charge in [0.15, 0.2) is 0 Å². The summed E-state index contributed by atoms with van der Waals surface area (Å²) in [5.74, 6) is 0. The van der Waals surface area contributed by atoms with Crippen LogP contribution in [0.1, 0.15) is 0 Å². The molecular weight excluding hydrogens is 254 g/mol. The highest BCUT2D eigenvalue weighted by molar-refractivity contribution is 7.89. The first kappa shape index (κ1) is 11.1. The molecule has 7 heteroatoms. The van der Waals surface area contributed by atoms with E-state index in [4.69, 9.17) is 21.2 Å². The number of primary sulfonamides is 1. The minimum Gasteiger partial charge on any atom is -0.423 e. The molecule has 0 aliphatic rings. The Labute approximate surface area is 95.5 Å². The molecule has 1 heterocycles. The van der Waals surface area contributed by atoms with E-state index in [1.54, 1.807) is 0 Å². The highest BCUT2D eigenvalue weighted by atomic mass is 35.5. The second-order valence-electron chi connectivity index (χ2n) is 3.12. The highest BCUT2D eigenvalue weighted by Crippen LogP contribution is 2.25. The molecule has 84 valence electrons. The van der Waals surface area contributed by atoms with Crippen LogP contribution in [0.15, 0.2) is 38.4 Å². The van der Waals surface area contributed by atoms with Crippen molar-refractivity contribution in [1.29, 1.82) is 0 Å². The van der Waals surface area contributed by atoms with E-state index < -0.39 is 15.6 Å². The maximum absolute atomic E-state index is 11.2. The van der Waals surface area contributed by atoms with Gasteiger partial charge in [-0.2, -0.15) is 0 Å². The number of rotatable bonds is 1. The predicted octanol–water partition coefficient (Wildman–Crippen LogP) is 1.09. The van der Waals surface area contributed by atoms with Gasteiger partial charge in [0.1, 0.15) is 10.5 Å². The number of fused-ring (bicyclic) bond motifs is 1. The fourth-order valence-electron chi connectivity index (χ4n) is 1.29. The molecule has 5 nitrogen and oxygen atoms in total. The lowest BCUT2D eigenvalue weighted by Gasteiger charge is -2.03. The fraction of sp³-hybridized carbons (Fsp3) is 0. The molecule has 0 amide bonds. The molecule has 16 heavy (non-hydrogen) atoms. The van der Waals surface area contributed by atoms with E-state index in [-0.39, 0.29) is 15.5 Å². The fourth-order valence-corrected chi connectivity index (χ4v) is 2.39. The third kappa shape index (κ3) is 1.95. The molecule has 0 aliphatic carbocycles. The molecule has 2 aromatic rings. The molecule has 1 aromatic carbocycles. The summed E-state index contributed by atoms with van der Waals surface area (Å²) in [7, 11) is -3.89. The van der Waals surface area contributed by atoms with Crippen molar-refractivity contribution in [2.24, 2.45) is 5.14 Å². The largest absolute Gasteiger partial charge is 0.423 e. The third-order valence-electron chi connectivity index (χ3n) is 1.98. The van der Waals surface area contributed by atoms with Crippen molar-refractivity contribution < 1.29 is 12.8 Å². The van der Waals surface area contributed by atoms with Crippen LogP contribution >= 0.6 is 11.6 Å². The molecule has 0 radical (unpaired) electrons. The maximum atomic E-state index is 11.2. The summed E-state index contributed by atoms with van der Waals surface area (Å²) in [6.45, 7) is 0. The second kappa shape index (κ2) is 3.58. The molecule has 0 bridgehead atoms. The first-order valence-electron chi connectivity index (χ1n) is 4.14. The van der Waals surface area contributed by atoms with Gasteiger partial charge in [-0.3, -0.25) is 0 Å². The summed E-state index contributed by atoms with van der Waals surface area (Å²) < 4.78 is 27.2. The number of hydrogen-bond acceptors (Lipinski definition) is 4. The van der Waals surface area contributed by atoms with Gasteiger partial charge in [0.2, 0.25) is 10.0 Å². The van der Waals surface area contributed by atoms with Gasteiger partial charge >= 0.3 is 5.63 Å². The zero-order valence-corrected chi connectivity index (χ0v) is 9.38. The van der Waals surface area contributed by atoms with Gasteiger partial charge in [-0.25, -0.2) is 18.4 Å². The van der Waals surface area contributed by atoms with Crippen LogP contribution in [0.4, 0.5) is 0 Å². The minimum absolute atomic E-state index is 0.0793. The van der Waals surface area contributed by atoms with E-state index in [2.05, 4.69) is 0 Å². The lowest BCUT2D eigenvalue weighted by Crippen LogP contribution is -2.12. The van der Waals surface area contributed by atoms with Gasteiger partial charge in [-0.15, -0.1) is 0 Å². The summed E-state index contributed by atoms with van der Waals surface area (Å²) in [4.78, 5) is 10.7. The van der Waals surface area contributed by atoms with Gasteiger partial charge in [-0.05, 0) is 12.1 Å². The van der Waals surface area contributed by atoms with Crippen molar-refractivity contribution >= 4 is 32.6 Å². The van der Waals surface area contributed by atoms with E-state index in [0.29, 0.717) is 5.39 Å². The first-order valence-corrected chi connectivity index (χ1v) is 6.06. The Balaban J connectivity index is 2.88. The molecule has 0 atom stereocenters. The van der Waals surface area contributed by atoms with Crippen molar-refractivity contribution in [3.05, 3.63) is 39.7 Å². The Kier molecular flexibility index (Phi) is 2.49. The molecule has 2 rings (SSSR count). The Morgan fingerprint density at radius 1 is 1.25 bits per heavy atom. The zero-order chi connectivity index (χ0) is 11.9. The molecule has 0 spiro atoms. The smallest absolute Gasteiger partial charge is 0.336 e. The van der Waals surface area contributed by atoms with Gasteiger partial charge in [0.05, 0.1) is 5.02 Å². The van der Waals surface area contributed by atoms with Gasteiger partial charge in [-0.1, -0.05) is 11.6 Å². The monoisotopic (exact) mass is 259 g/mol. The summed E-state index contributed by atoms with van der Waals surface area (Å²) in [5, 5.41) is 5.33. The average molecular weight is 260 g/mol. The van der Waals surface area contributed by atoms with Crippen LogP contribution in [-0.4, -0.2) is 8.42 Å². The maximum Gasteiger partial charge on any atom is 0.336 e. The lowest BCUT2D eigenvalue weighted by atomic mass is 10.2. The minimum atomic E-state index is -3.89. The van der Waals surface area contributed by atoms with E-state index in [1.807, 2.05) is 0 Å². The van der Waals surface area contributed by atoms with Crippen LogP contribution < -0.4 is 10.8 Å². The summed E-state index contributed by atoms with van der Waals surface area (Å²) in [5.41, 5.74) is -0.322. The molecular formula is C9H6ClNO4S. The van der Waals surface area contributed by atoms with Crippen LogP contribution in [0.3, 0.4) is 0 Å². The first-order chi connectivity index (χ1) is 7.38. The van der Waals surface area contributed by atoms with E-state index in [9.17, 15) is 13.2 Å². The van der Waals surface area contributed by atoms with Crippen LogP contribution in [0.2, 0.25) is 5.02 Å². The predicted molar refractivity (Wildman–Crippen MR) is 58.9 cm³/mol. The van der Waals surface area contributed by atoms with Crippen molar-refractivity contribution in [2.45, 2.75) is 4.90 Å². The Hall–Kier alpha value is -1.37. The molecule has 0 unspecified atom stereocenters. The molecule has 0 fully saturated rings. The highest BCUT2D eigenvalue weighted by Gasteiger charge is 2.14. The molecule has 0 aliphatic heterocycles. The number of sulfonamides is 1. The number of hydrogen-bond donors (Lipinski definition) is 1. The van der Waals surface area contributed by atoms with Crippen molar-refractivity contribution in [2.75, 3.05) is 0 Å². The van der Waals surface area contributed by atoms with E-state index >= 15 is 0 Å². The Morgan fingerprint density at radius 2 is 1.94 bits per heavy atom. The summed E-state index contributed by atoms with van der Waals surface area (Å²) in [6.07, 6.45) is 0. The zero-order valence-electron chi connectivity index (χ0n) is 7.81. The topological polar surface area (TPSA) is 90.4 Å². The Bertz CT molecular complexity index is 720. The van der Waals surface area contributed by atoms with Crippen LogP contribution in [-0.2, 0) is 10.0 Å². The average Bonchev–Trinajstić information content (AvgIpc) is 2.14. The lowest BCUT2D eigenvalue weighted by molar-refractivity contribution is 0.560. The molecule has 0 saturated carbocycles. The van der Waals surface area contributed by atoms with Gasteiger partial charge < -0.3 is 4.42 Å². The van der Waals surface area contributed by atoms with Crippen LogP contribution in [0, 0.1) is 0 Å². The molecule has 1 aromatic heterocycles. The third-order valence-corrected chi connectivity index (χ3v) is 3.36. The number of benzene rings is 1. The van der Waals surface area contributed by atoms with Crippen molar-refractivity contribution in [3.8, 4) is 0 Å². The van der Waals surface area contributed by atoms with Crippen LogP contribution in [0.25, 0.3) is 11.0 Å². The Morgan fingerprint density at radius 3 is 2.56 bits per heavy atom. The normalized spacial score (nSPS) is 11.9. The van der Waals surface area contributed by atoms with Gasteiger partial charge in [0.25, 0.3) is 0 Å². The molecule has 0 saturated heterocycles. The van der Waals surface area contributed by atoms with E-state index in [0.717, 1.165) is 0 Å². The SMILES string of the molecule is NS(=O)(=O)c1cc2ccc(=O)oc2cc1Cl. The molecule has 2 N–H and O–H groups in total. The second-order valence-corrected chi connectivity index (χ2v) is 5.06. The van der Waals surface area contributed by atoms with Crippen LogP contribution in [0.5, 0.6) is 0 Å². The van der Waals surface area contributed by atoms with E-state index in [1.165, 1.54) is 24.3 Å². The van der Waals surface area contributed by atoms with Crippen molar-refractivity contribution in [3.63, 3.8) is 0 Å². The number of halogens is 1. The quantitative estimate of drug-likeness (QED) is 0.776. The van der Waals surface area contributed by atoms with Gasteiger partial charge in [0, 0.05) is 17.5 Å². The van der Waals surface area contributed by atoms with Crippen molar-refractivity contribution in [1.82, 2.24) is 0 Å². The summed E-state index contributed by atoms with van der Waals surface area (Å²) in [6, 6.07) is 5.13.